The van der Waals surface area contributed by atoms with Crippen LogP contribution >= 0.6 is 11.3 Å². The van der Waals surface area contributed by atoms with Crippen LogP contribution in [-0.4, -0.2) is 23.0 Å². The van der Waals surface area contributed by atoms with Crippen molar-refractivity contribution in [2.45, 2.75) is 0 Å². The molecule has 250 valence electrons. The van der Waals surface area contributed by atoms with Crippen molar-refractivity contribution in [1.29, 1.82) is 0 Å². The first-order valence-electron chi connectivity index (χ1n) is 17.8. The van der Waals surface area contributed by atoms with Crippen molar-refractivity contribution in [1.82, 2.24) is 15.0 Å². The number of hydrogen-bond donors (Lipinski definition) is 0. The van der Waals surface area contributed by atoms with Gasteiger partial charge in [0.25, 0.3) is 0 Å². The molecule has 4 nitrogen and oxygen atoms in total. The van der Waals surface area contributed by atoms with Crippen LogP contribution < -0.4 is 25.6 Å². The minimum Gasteiger partial charge on any atom is -0.301 e. The van der Waals surface area contributed by atoms with Gasteiger partial charge in [-0.3, -0.25) is 0 Å². The molecule has 0 amide bonds. The van der Waals surface area contributed by atoms with Gasteiger partial charge < -0.3 is 4.90 Å². The maximum Gasteiger partial charge on any atom is 0.184 e. The van der Waals surface area contributed by atoms with Crippen LogP contribution in [-0.2, 0) is 0 Å². The molecule has 1 aliphatic rings. The lowest BCUT2D eigenvalue weighted by molar-refractivity contribution is 1.08. The monoisotopic (exact) mass is 712 g/mol. The molecule has 1 aliphatic heterocycles. The summed E-state index contributed by atoms with van der Waals surface area (Å²) >= 11 is 1.79. The van der Waals surface area contributed by atoms with E-state index in [0.717, 1.165) is 27.1 Å². The Labute approximate surface area is 313 Å². The molecule has 0 atom stereocenters. The Morgan fingerprint density at radius 1 is 0.396 bits per heavy atom. The maximum atomic E-state index is 5.28. The zero-order valence-electron chi connectivity index (χ0n) is 28.7. The molecule has 9 aromatic rings. The van der Waals surface area contributed by atoms with E-state index in [-0.39, 0.29) is 0 Å². The van der Waals surface area contributed by atoms with Gasteiger partial charge in [0.15, 0.2) is 25.5 Å². The quantitative estimate of drug-likeness (QED) is 0.161. The average Bonchev–Trinajstić information content (AvgIpc) is 3.63. The largest absolute Gasteiger partial charge is 0.301 e. The Hall–Kier alpha value is -6.47. The minimum absolute atomic E-state index is 0.648. The van der Waals surface area contributed by atoms with Crippen LogP contribution in [0.15, 0.2) is 194 Å². The molecule has 6 heteroatoms. The molecular weight excluding hydrogens is 681 g/mol. The summed E-state index contributed by atoms with van der Waals surface area (Å²) in [6.07, 6.45) is 0. The molecule has 0 saturated heterocycles. The van der Waals surface area contributed by atoms with Crippen LogP contribution in [0.3, 0.4) is 0 Å². The molecule has 0 saturated carbocycles. The smallest absolute Gasteiger partial charge is 0.184 e. The van der Waals surface area contributed by atoms with Crippen LogP contribution in [0.1, 0.15) is 0 Å². The second-order valence-corrected chi connectivity index (χ2v) is 17.9. The Morgan fingerprint density at radius 2 is 0.811 bits per heavy atom. The van der Waals surface area contributed by atoms with E-state index >= 15 is 0 Å². The molecule has 0 unspecified atom stereocenters. The summed E-state index contributed by atoms with van der Waals surface area (Å²) in [7, 11) is -2.77. The molecule has 0 aliphatic carbocycles. The average molecular weight is 713 g/mol. The van der Waals surface area contributed by atoms with Crippen molar-refractivity contribution >= 4 is 66.6 Å². The first kappa shape index (κ1) is 31.3. The highest BCUT2D eigenvalue weighted by Crippen LogP contribution is 2.50. The number of thiophene rings is 1. The lowest BCUT2D eigenvalue weighted by Gasteiger charge is -2.44. The summed E-state index contributed by atoms with van der Waals surface area (Å²) in [5.74, 6) is 1.95. The Kier molecular flexibility index (Phi) is 7.64. The summed E-state index contributed by atoms with van der Waals surface area (Å²) in [6, 6.07) is 69.4. The lowest BCUT2D eigenvalue weighted by atomic mass is 10.1. The van der Waals surface area contributed by atoms with E-state index in [0.29, 0.717) is 17.5 Å². The Balaban J connectivity index is 1.29. The standard InChI is InChI=1S/C47H32N4SSi/c1-5-19-33(20-6-1)44-48-45(34-21-7-2-8-22-34)50-46(49-44)43-37-27-13-16-30-40(37)52-47(43)51-38-28-14-17-31-41(38)53(35-23-9-3-10-24-35,36-25-11-4-12-26-36)42-32-18-15-29-39(42)51/h1-32H. The van der Waals surface area contributed by atoms with Crippen molar-refractivity contribution in [3.05, 3.63) is 194 Å². The molecule has 7 aromatic carbocycles. The molecular formula is C47H32N4SSi. The van der Waals surface area contributed by atoms with E-state index < -0.39 is 8.07 Å². The van der Waals surface area contributed by atoms with Gasteiger partial charge in [0, 0.05) is 32.6 Å². The SMILES string of the molecule is c1ccc(-c2nc(-c3ccccc3)nc(-c3c(N4c5ccccc5[Si](c5ccccc5)(c5ccccc5)c5ccccc54)sc4ccccc34)n2)cc1. The summed E-state index contributed by atoms with van der Waals surface area (Å²) in [5, 5.41) is 7.63. The molecule has 0 bridgehead atoms. The third-order valence-electron chi connectivity index (χ3n) is 10.2. The predicted molar refractivity (Wildman–Crippen MR) is 223 cm³/mol. The Bertz CT molecular complexity index is 2590. The molecule has 0 fully saturated rings. The van der Waals surface area contributed by atoms with Crippen LogP contribution in [0.4, 0.5) is 16.4 Å². The zero-order valence-corrected chi connectivity index (χ0v) is 30.5. The highest BCUT2D eigenvalue weighted by atomic mass is 32.1. The summed E-state index contributed by atoms with van der Waals surface area (Å²) < 4.78 is 1.18. The third-order valence-corrected chi connectivity index (χ3v) is 16.2. The first-order chi connectivity index (χ1) is 26.3. The number of nitrogens with zero attached hydrogens (tertiary/aromatic N) is 4. The second kappa shape index (κ2) is 12.9. The van der Waals surface area contributed by atoms with Crippen molar-refractivity contribution in [3.63, 3.8) is 0 Å². The zero-order chi connectivity index (χ0) is 35.2. The number of hydrogen-bond acceptors (Lipinski definition) is 5. The fourth-order valence-electron chi connectivity index (χ4n) is 7.96. The number of para-hydroxylation sites is 2. The summed E-state index contributed by atoms with van der Waals surface area (Å²) in [6.45, 7) is 0. The van der Waals surface area contributed by atoms with E-state index in [1.807, 2.05) is 36.4 Å². The summed E-state index contributed by atoms with van der Waals surface area (Å²) in [5.41, 5.74) is 5.26. The van der Waals surface area contributed by atoms with Gasteiger partial charge >= 0.3 is 0 Å². The number of fused-ring (bicyclic) bond motifs is 3. The van der Waals surface area contributed by atoms with Crippen molar-refractivity contribution in [3.8, 4) is 34.2 Å². The highest BCUT2D eigenvalue weighted by Gasteiger charge is 2.49. The minimum atomic E-state index is -2.77. The molecule has 10 rings (SSSR count). The molecule has 0 spiro atoms. The maximum absolute atomic E-state index is 5.28. The van der Waals surface area contributed by atoms with Crippen molar-refractivity contribution in [2.75, 3.05) is 4.90 Å². The lowest BCUT2D eigenvalue weighted by Crippen LogP contribution is -2.77. The summed E-state index contributed by atoms with van der Waals surface area (Å²) in [4.78, 5) is 18.1. The molecule has 0 N–H and O–H groups in total. The normalized spacial score (nSPS) is 13.0. The van der Waals surface area contributed by atoms with Gasteiger partial charge in [0.1, 0.15) is 5.00 Å². The van der Waals surface area contributed by atoms with Gasteiger partial charge in [-0.2, -0.15) is 0 Å². The van der Waals surface area contributed by atoms with Crippen LogP contribution in [0.2, 0.25) is 0 Å². The van der Waals surface area contributed by atoms with Gasteiger partial charge in [-0.05, 0) is 38.9 Å². The first-order valence-corrected chi connectivity index (χ1v) is 20.6. The van der Waals surface area contributed by atoms with Gasteiger partial charge in [0.05, 0.1) is 5.56 Å². The fraction of sp³-hybridized carbons (Fsp3) is 0. The predicted octanol–water partition coefficient (Wildman–Crippen LogP) is 9.25. The number of aromatic nitrogens is 3. The van der Waals surface area contributed by atoms with E-state index in [4.69, 9.17) is 15.0 Å². The van der Waals surface area contributed by atoms with Gasteiger partial charge in [-0.15, -0.1) is 11.3 Å². The topological polar surface area (TPSA) is 41.9 Å². The second-order valence-electron chi connectivity index (χ2n) is 13.2. The van der Waals surface area contributed by atoms with E-state index in [9.17, 15) is 0 Å². The number of benzene rings is 7. The highest BCUT2D eigenvalue weighted by molar-refractivity contribution is 7.24. The van der Waals surface area contributed by atoms with Crippen molar-refractivity contribution < 1.29 is 0 Å². The van der Waals surface area contributed by atoms with Gasteiger partial charge in [-0.25, -0.2) is 15.0 Å². The van der Waals surface area contributed by atoms with E-state index in [2.05, 4.69) is 163 Å². The van der Waals surface area contributed by atoms with Crippen molar-refractivity contribution in [2.24, 2.45) is 0 Å². The molecule has 2 aromatic heterocycles. The number of anilines is 3. The van der Waals surface area contributed by atoms with Crippen LogP contribution in [0, 0.1) is 0 Å². The molecule has 3 heterocycles. The molecule has 0 radical (unpaired) electrons. The Morgan fingerprint density at radius 3 is 1.34 bits per heavy atom. The van der Waals surface area contributed by atoms with Crippen LogP contribution in [0.25, 0.3) is 44.2 Å². The van der Waals surface area contributed by atoms with Gasteiger partial charge in [0.2, 0.25) is 0 Å². The molecule has 53 heavy (non-hydrogen) atoms. The van der Waals surface area contributed by atoms with E-state index in [1.165, 1.54) is 36.8 Å². The van der Waals surface area contributed by atoms with E-state index in [1.54, 1.807) is 11.3 Å². The third kappa shape index (κ3) is 5.06. The van der Waals surface area contributed by atoms with Crippen LogP contribution in [0.5, 0.6) is 0 Å². The fourth-order valence-corrected chi connectivity index (χ4v) is 14.3. The van der Waals surface area contributed by atoms with Gasteiger partial charge in [-0.1, -0.05) is 176 Å². The number of rotatable bonds is 6.